The molecular weight excluding hydrogens is 152 g/mol. The largest absolute Gasteiger partial charge is 0.381 e. The number of methoxy groups -OCH3 is 1. The zero-order chi connectivity index (χ0) is 8.60. The average molecular weight is 166 g/mol. The van der Waals surface area contributed by atoms with E-state index in [1.54, 1.807) is 7.11 Å². The van der Waals surface area contributed by atoms with Gasteiger partial charge in [-0.25, -0.2) is 0 Å². The highest BCUT2D eigenvalue weighted by Gasteiger charge is 2.47. The van der Waals surface area contributed by atoms with Gasteiger partial charge in [0.25, 0.3) is 0 Å². The lowest BCUT2D eigenvalue weighted by Gasteiger charge is -2.42. The van der Waals surface area contributed by atoms with Crippen LogP contribution in [0.2, 0.25) is 0 Å². The van der Waals surface area contributed by atoms with Crippen molar-refractivity contribution in [3.05, 3.63) is 0 Å². The molecule has 0 amide bonds. The number of hydrogen-bond donors (Lipinski definition) is 1. The van der Waals surface area contributed by atoms with Gasteiger partial charge >= 0.3 is 0 Å². The van der Waals surface area contributed by atoms with E-state index in [2.05, 4.69) is 11.4 Å². The molecule has 0 aromatic rings. The van der Waals surface area contributed by atoms with Crippen molar-refractivity contribution in [3.8, 4) is 6.07 Å². The molecule has 0 heterocycles. The van der Waals surface area contributed by atoms with Crippen molar-refractivity contribution in [1.29, 1.82) is 5.26 Å². The van der Waals surface area contributed by atoms with Crippen molar-refractivity contribution in [1.82, 2.24) is 5.32 Å². The second kappa shape index (κ2) is 2.72. The predicted octanol–water partition coefficient (Wildman–Crippen LogP) is 0.810. The summed E-state index contributed by atoms with van der Waals surface area (Å²) in [5.41, 5.74) is -0.248. The zero-order valence-corrected chi connectivity index (χ0v) is 7.34. The van der Waals surface area contributed by atoms with E-state index in [1.165, 1.54) is 12.8 Å². The maximum atomic E-state index is 8.96. The van der Waals surface area contributed by atoms with E-state index in [0.717, 1.165) is 12.8 Å². The van der Waals surface area contributed by atoms with Crippen LogP contribution in [-0.2, 0) is 4.74 Å². The first-order valence-corrected chi connectivity index (χ1v) is 4.50. The summed E-state index contributed by atoms with van der Waals surface area (Å²) < 4.78 is 5.15. The van der Waals surface area contributed by atoms with Gasteiger partial charge in [-0.1, -0.05) is 0 Å². The van der Waals surface area contributed by atoms with Crippen molar-refractivity contribution in [2.45, 2.75) is 43.4 Å². The van der Waals surface area contributed by atoms with E-state index in [0.29, 0.717) is 12.1 Å². The molecule has 0 aliphatic heterocycles. The fourth-order valence-corrected chi connectivity index (χ4v) is 1.74. The molecule has 0 aromatic carbocycles. The summed E-state index contributed by atoms with van der Waals surface area (Å²) in [5, 5.41) is 12.3. The third-order valence-corrected chi connectivity index (χ3v) is 2.76. The minimum Gasteiger partial charge on any atom is -0.381 e. The standard InChI is InChI=1S/C9H14N2O/c1-12-8-4-9(5-8,6-10)11-7-2-3-7/h7-8,11H,2-5H2,1H3. The summed E-state index contributed by atoms with van der Waals surface area (Å²) in [6.07, 6.45) is 4.49. The van der Waals surface area contributed by atoms with Gasteiger partial charge in [0, 0.05) is 26.0 Å². The van der Waals surface area contributed by atoms with Crippen LogP contribution in [0.25, 0.3) is 0 Å². The van der Waals surface area contributed by atoms with Gasteiger partial charge in [-0.15, -0.1) is 0 Å². The van der Waals surface area contributed by atoms with Gasteiger partial charge in [0.15, 0.2) is 0 Å². The molecule has 0 bridgehead atoms. The summed E-state index contributed by atoms with van der Waals surface area (Å²) in [4.78, 5) is 0. The predicted molar refractivity (Wildman–Crippen MR) is 44.5 cm³/mol. The molecular formula is C9H14N2O. The van der Waals surface area contributed by atoms with Crippen LogP contribution in [-0.4, -0.2) is 24.8 Å². The van der Waals surface area contributed by atoms with Crippen molar-refractivity contribution >= 4 is 0 Å². The Balaban J connectivity index is 1.86. The Morgan fingerprint density at radius 1 is 1.50 bits per heavy atom. The minimum atomic E-state index is -0.248. The van der Waals surface area contributed by atoms with Crippen LogP contribution >= 0.6 is 0 Å². The Morgan fingerprint density at radius 3 is 2.58 bits per heavy atom. The molecule has 0 aromatic heterocycles. The summed E-state index contributed by atoms with van der Waals surface area (Å²) in [6.45, 7) is 0. The number of hydrogen-bond acceptors (Lipinski definition) is 3. The Kier molecular flexibility index (Phi) is 1.82. The molecule has 0 spiro atoms. The summed E-state index contributed by atoms with van der Waals surface area (Å²) >= 11 is 0. The molecule has 0 saturated heterocycles. The number of ether oxygens (including phenoxy) is 1. The lowest BCUT2D eigenvalue weighted by Crippen LogP contribution is -2.57. The van der Waals surface area contributed by atoms with E-state index >= 15 is 0 Å². The Morgan fingerprint density at radius 2 is 2.17 bits per heavy atom. The van der Waals surface area contributed by atoms with Crippen LogP contribution in [0.1, 0.15) is 25.7 Å². The van der Waals surface area contributed by atoms with Gasteiger partial charge < -0.3 is 4.74 Å². The van der Waals surface area contributed by atoms with E-state index in [1.807, 2.05) is 0 Å². The molecule has 3 nitrogen and oxygen atoms in total. The second-order valence-electron chi connectivity index (χ2n) is 3.88. The van der Waals surface area contributed by atoms with E-state index in [9.17, 15) is 0 Å². The van der Waals surface area contributed by atoms with Crippen molar-refractivity contribution < 1.29 is 4.74 Å². The van der Waals surface area contributed by atoms with Crippen molar-refractivity contribution in [2.75, 3.05) is 7.11 Å². The first-order chi connectivity index (χ1) is 5.78. The molecule has 12 heavy (non-hydrogen) atoms. The first kappa shape index (κ1) is 8.03. The Labute approximate surface area is 72.7 Å². The molecule has 2 fully saturated rings. The lowest BCUT2D eigenvalue weighted by atomic mass is 9.75. The molecule has 2 aliphatic carbocycles. The molecule has 2 saturated carbocycles. The highest BCUT2D eigenvalue weighted by Crippen LogP contribution is 2.36. The molecule has 66 valence electrons. The van der Waals surface area contributed by atoms with Crippen molar-refractivity contribution in [3.63, 3.8) is 0 Å². The fraction of sp³-hybridized carbons (Fsp3) is 0.889. The molecule has 0 atom stereocenters. The van der Waals surface area contributed by atoms with Gasteiger partial charge in [-0.05, 0) is 12.8 Å². The lowest BCUT2D eigenvalue weighted by molar-refractivity contribution is -0.00824. The van der Waals surface area contributed by atoms with Gasteiger partial charge in [0.05, 0.1) is 12.2 Å². The van der Waals surface area contributed by atoms with Crippen LogP contribution < -0.4 is 5.32 Å². The Bertz CT molecular complexity index is 211. The van der Waals surface area contributed by atoms with Gasteiger partial charge in [0.2, 0.25) is 0 Å². The highest BCUT2D eigenvalue weighted by molar-refractivity contribution is 5.18. The number of nitriles is 1. The van der Waals surface area contributed by atoms with Crippen LogP contribution in [0.5, 0.6) is 0 Å². The molecule has 0 radical (unpaired) electrons. The van der Waals surface area contributed by atoms with Gasteiger partial charge in [-0.3, -0.25) is 5.32 Å². The number of nitrogens with one attached hydrogen (secondary N) is 1. The smallest absolute Gasteiger partial charge is 0.111 e. The number of rotatable bonds is 3. The maximum Gasteiger partial charge on any atom is 0.111 e. The highest BCUT2D eigenvalue weighted by atomic mass is 16.5. The normalized spacial score (nSPS) is 40.2. The first-order valence-electron chi connectivity index (χ1n) is 4.50. The van der Waals surface area contributed by atoms with E-state index in [4.69, 9.17) is 10.00 Å². The van der Waals surface area contributed by atoms with Crippen LogP contribution in [0, 0.1) is 11.3 Å². The minimum absolute atomic E-state index is 0.248. The van der Waals surface area contributed by atoms with Crippen LogP contribution in [0.4, 0.5) is 0 Å². The summed E-state index contributed by atoms with van der Waals surface area (Å²) in [5.74, 6) is 0. The average Bonchev–Trinajstić information content (AvgIpc) is 2.79. The quantitative estimate of drug-likeness (QED) is 0.674. The molecule has 2 rings (SSSR count). The number of nitrogens with zero attached hydrogens (tertiary/aromatic N) is 1. The van der Waals surface area contributed by atoms with Crippen molar-refractivity contribution in [2.24, 2.45) is 0 Å². The van der Waals surface area contributed by atoms with Gasteiger partial charge in [-0.2, -0.15) is 5.26 Å². The van der Waals surface area contributed by atoms with Crippen LogP contribution in [0.3, 0.4) is 0 Å². The Hall–Kier alpha value is -0.590. The monoisotopic (exact) mass is 166 g/mol. The summed E-state index contributed by atoms with van der Waals surface area (Å²) in [7, 11) is 1.71. The van der Waals surface area contributed by atoms with E-state index < -0.39 is 0 Å². The fourth-order valence-electron chi connectivity index (χ4n) is 1.74. The summed E-state index contributed by atoms with van der Waals surface area (Å²) in [6, 6.07) is 2.97. The van der Waals surface area contributed by atoms with Gasteiger partial charge in [0.1, 0.15) is 5.54 Å². The third kappa shape index (κ3) is 1.33. The zero-order valence-electron chi connectivity index (χ0n) is 7.34. The molecule has 1 N–H and O–H groups in total. The molecule has 3 heteroatoms. The third-order valence-electron chi connectivity index (χ3n) is 2.76. The topological polar surface area (TPSA) is 45.0 Å². The maximum absolute atomic E-state index is 8.96. The van der Waals surface area contributed by atoms with E-state index in [-0.39, 0.29) is 5.54 Å². The molecule has 0 unspecified atom stereocenters. The second-order valence-corrected chi connectivity index (χ2v) is 3.88. The SMILES string of the molecule is COC1CC(C#N)(NC2CC2)C1. The molecule has 2 aliphatic rings. The van der Waals surface area contributed by atoms with Crippen LogP contribution in [0.15, 0.2) is 0 Å².